The molecule has 5 rings (SSSR count). The Balaban J connectivity index is 1.66. The fourth-order valence-corrected chi connectivity index (χ4v) is 5.98. The van der Waals surface area contributed by atoms with Crippen LogP contribution in [0.2, 0.25) is 0 Å². The van der Waals surface area contributed by atoms with Gasteiger partial charge in [-0.1, -0.05) is 18.2 Å². The number of fused-ring (bicyclic) bond motifs is 4. The molecule has 11 heteroatoms. The van der Waals surface area contributed by atoms with Crippen molar-refractivity contribution < 1.29 is 29.2 Å². The van der Waals surface area contributed by atoms with Gasteiger partial charge < -0.3 is 10.0 Å². The summed E-state index contributed by atoms with van der Waals surface area (Å²) in [6.45, 7) is 0. The fourth-order valence-electron chi connectivity index (χ4n) is 4.76. The van der Waals surface area contributed by atoms with Crippen LogP contribution in [0.5, 0.6) is 0 Å². The Morgan fingerprint density at radius 3 is 2.30 bits per heavy atom. The summed E-state index contributed by atoms with van der Waals surface area (Å²) in [4.78, 5) is 65.0. The van der Waals surface area contributed by atoms with Crippen LogP contribution in [0.4, 0.5) is 5.69 Å². The molecule has 168 valence electrons. The van der Waals surface area contributed by atoms with Crippen LogP contribution in [0.25, 0.3) is 0 Å². The zero-order valence-corrected chi connectivity index (χ0v) is 17.9. The maximum Gasteiger partial charge on any atom is 0.327 e. The lowest BCUT2D eigenvalue weighted by Crippen LogP contribution is -2.58. The van der Waals surface area contributed by atoms with E-state index in [1.807, 2.05) is 0 Å². The Labute approximate surface area is 191 Å². The van der Waals surface area contributed by atoms with Crippen molar-refractivity contribution in [2.45, 2.75) is 24.5 Å². The van der Waals surface area contributed by atoms with Crippen molar-refractivity contribution in [2.24, 2.45) is 0 Å². The van der Waals surface area contributed by atoms with Gasteiger partial charge in [0.05, 0.1) is 22.1 Å². The minimum Gasteiger partial charge on any atom is -0.480 e. The molecule has 0 aliphatic carbocycles. The Kier molecular flexibility index (Phi) is 4.93. The Bertz CT molecular complexity index is 1210. The first kappa shape index (κ1) is 21.1. The van der Waals surface area contributed by atoms with Crippen molar-refractivity contribution in [3.8, 4) is 0 Å². The fraction of sp³-hybridized carbons (Fsp3) is 0.273. The van der Waals surface area contributed by atoms with Crippen LogP contribution >= 0.6 is 11.8 Å². The van der Waals surface area contributed by atoms with Gasteiger partial charge in [0.2, 0.25) is 5.91 Å². The lowest BCUT2D eigenvalue weighted by Gasteiger charge is -2.40. The first-order valence-corrected chi connectivity index (χ1v) is 11.3. The molecule has 1 N–H and O–H groups in total. The van der Waals surface area contributed by atoms with Crippen molar-refractivity contribution in [3.63, 3.8) is 0 Å². The normalized spacial score (nSPS) is 24.1. The van der Waals surface area contributed by atoms with Gasteiger partial charge in [-0.2, -0.15) is 11.8 Å². The molecular formula is C22H17N3O7S. The molecule has 2 aromatic rings. The number of imide groups is 1. The highest BCUT2D eigenvalue weighted by molar-refractivity contribution is 7.99. The average Bonchev–Trinajstić information content (AvgIpc) is 2.98. The van der Waals surface area contributed by atoms with Crippen molar-refractivity contribution in [2.75, 3.05) is 11.5 Å². The van der Waals surface area contributed by atoms with Crippen LogP contribution in [0.15, 0.2) is 42.5 Å². The minimum absolute atomic E-state index is 0.0539. The number of carbonyl (C=O) groups is 4. The van der Waals surface area contributed by atoms with Gasteiger partial charge in [-0.15, -0.1) is 0 Å². The number of benzene rings is 2. The minimum atomic E-state index is -1.26. The largest absolute Gasteiger partial charge is 0.480 e. The summed E-state index contributed by atoms with van der Waals surface area (Å²) in [6.07, 6.45) is -0.0539. The lowest BCUT2D eigenvalue weighted by molar-refractivity contribution is -0.385. The third kappa shape index (κ3) is 3.18. The van der Waals surface area contributed by atoms with Crippen LogP contribution in [0.3, 0.4) is 0 Å². The summed E-state index contributed by atoms with van der Waals surface area (Å²) >= 11 is 1.34. The molecule has 3 heterocycles. The average molecular weight is 467 g/mol. The standard InChI is InChI=1S/C22H17N3O7S/c26-19-13-3-1-2-4-14(13)20(27)24(19)16-7-11-5-6-12(25(31)32)8-15(11)17-9-33-10-18(22(29)30)23(17)21(16)28/h1-6,8,16-18H,7,9-10H2,(H,29,30). The van der Waals surface area contributed by atoms with Gasteiger partial charge in [-0.3, -0.25) is 29.4 Å². The summed E-state index contributed by atoms with van der Waals surface area (Å²) in [6, 6.07) is 7.26. The number of carboxylic acids is 1. The zero-order valence-electron chi connectivity index (χ0n) is 17.0. The quantitative estimate of drug-likeness (QED) is 0.410. The molecule has 2 aromatic carbocycles. The van der Waals surface area contributed by atoms with E-state index in [0.717, 1.165) is 4.90 Å². The molecule has 1 saturated heterocycles. The third-order valence-electron chi connectivity index (χ3n) is 6.30. The molecular weight excluding hydrogens is 450 g/mol. The number of non-ortho nitro benzene ring substituents is 1. The first-order valence-electron chi connectivity index (χ1n) is 10.2. The predicted octanol–water partition coefficient (Wildman–Crippen LogP) is 1.89. The van der Waals surface area contributed by atoms with Crippen molar-refractivity contribution >= 4 is 41.1 Å². The molecule has 0 radical (unpaired) electrons. The van der Waals surface area contributed by atoms with E-state index in [0.29, 0.717) is 16.9 Å². The van der Waals surface area contributed by atoms with Crippen LogP contribution in [-0.4, -0.2) is 67.1 Å². The van der Waals surface area contributed by atoms with Crippen LogP contribution in [0, 0.1) is 10.1 Å². The molecule has 0 bridgehead atoms. The molecule has 3 amide bonds. The highest BCUT2D eigenvalue weighted by Crippen LogP contribution is 2.41. The number of amides is 3. The summed E-state index contributed by atoms with van der Waals surface area (Å²) in [5.74, 6) is -2.62. The second-order valence-electron chi connectivity index (χ2n) is 8.04. The zero-order chi connectivity index (χ0) is 23.4. The Morgan fingerprint density at radius 1 is 1.03 bits per heavy atom. The van der Waals surface area contributed by atoms with Gasteiger partial charge in [0.25, 0.3) is 17.5 Å². The van der Waals surface area contributed by atoms with Crippen LogP contribution in [0.1, 0.15) is 37.9 Å². The highest BCUT2D eigenvalue weighted by Gasteiger charge is 2.50. The first-order chi connectivity index (χ1) is 15.8. The number of hydrogen-bond donors (Lipinski definition) is 1. The molecule has 10 nitrogen and oxygen atoms in total. The second kappa shape index (κ2) is 7.69. The molecule has 0 aromatic heterocycles. The smallest absolute Gasteiger partial charge is 0.327 e. The van der Waals surface area contributed by atoms with E-state index < -0.39 is 46.7 Å². The molecule has 33 heavy (non-hydrogen) atoms. The molecule has 3 unspecified atom stereocenters. The Hall–Kier alpha value is -3.73. The molecule has 3 aliphatic heterocycles. The Morgan fingerprint density at radius 2 is 1.70 bits per heavy atom. The number of carbonyl (C=O) groups excluding carboxylic acids is 3. The number of nitrogens with zero attached hydrogens (tertiary/aromatic N) is 3. The van der Waals surface area contributed by atoms with E-state index >= 15 is 0 Å². The van der Waals surface area contributed by atoms with Crippen molar-refractivity contribution in [1.82, 2.24) is 9.80 Å². The highest BCUT2D eigenvalue weighted by atomic mass is 32.2. The van der Waals surface area contributed by atoms with Gasteiger partial charge in [0.15, 0.2) is 0 Å². The van der Waals surface area contributed by atoms with Gasteiger partial charge in [0, 0.05) is 30.1 Å². The van der Waals surface area contributed by atoms with Crippen molar-refractivity contribution in [3.05, 3.63) is 74.8 Å². The van der Waals surface area contributed by atoms with Crippen LogP contribution in [-0.2, 0) is 16.0 Å². The van der Waals surface area contributed by atoms with Crippen LogP contribution < -0.4 is 0 Å². The number of nitro groups is 1. The number of nitro benzene ring substituents is 1. The third-order valence-corrected chi connectivity index (χ3v) is 7.40. The topological polar surface area (TPSA) is 138 Å². The van der Waals surface area contributed by atoms with Crippen molar-refractivity contribution in [1.29, 1.82) is 0 Å². The number of aliphatic carboxylic acids is 1. The van der Waals surface area contributed by atoms with Gasteiger partial charge in [0.1, 0.15) is 12.1 Å². The maximum atomic E-state index is 13.8. The monoisotopic (exact) mass is 467 g/mol. The summed E-state index contributed by atoms with van der Waals surface area (Å²) < 4.78 is 0. The van der Waals surface area contributed by atoms with E-state index in [1.54, 1.807) is 12.1 Å². The summed E-state index contributed by atoms with van der Waals surface area (Å²) in [5, 5.41) is 21.2. The summed E-state index contributed by atoms with van der Waals surface area (Å²) in [7, 11) is 0. The molecule has 0 spiro atoms. The predicted molar refractivity (Wildman–Crippen MR) is 116 cm³/mol. The van der Waals surface area contributed by atoms with E-state index in [2.05, 4.69) is 0 Å². The molecule has 0 saturated carbocycles. The number of rotatable bonds is 3. The lowest BCUT2D eigenvalue weighted by atomic mass is 9.96. The van der Waals surface area contributed by atoms with E-state index in [9.17, 15) is 34.4 Å². The number of hydrogen-bond acceptors (Lipinski definition) is 7. The molecule has 3 atom stereocenters. The maximum absolute atomic E-state index is 13.8. The van der Waals surface area contributed by atoms with E-state index in [4.69, 9.17) is 0 Å². The van der Waals surface area contributed by atoms with Gasteiger partial charge in [-0.25, -0.2) is 4.79 Å². The van der Waals surface area contributed by atoms with E-state index in [1.165, 1.54) is 47.0 Å². The van der Waals surface area contributed by atoms with Gasteiger partial charge >= 0.3 is 5.97 Å². The SMILES string of the molecule is O=C(O)C1CSCC2c3cc([N+](=O)[O-])ccc3CC(N3C(=O)c4ccccc4C3=O)C(=O)N12. The second-order valence-corrected chi connectivity index (χ2v) is 9.11. The molecule has 3 aliphatic rings. The summed E-state index contributed by atoms with van der Waals surface area (Å²) in [5.41, 5.74) is 1.22. The number of thioether (sulfide) groups is 1. The van der Waals surface area contributed by atoms with Gasteiger partial charge in [-0.05, 0) is 23.3 Å². The number of carboxylic acid groups (broad SMARTS) is 1. The molecule has 1 fully saturated rings. The van der Waals surface area contributed by atoms with E-state index in [-0.39, 0.29) is 29.0 Å².